The minimum absolute atomic E-state index is 0.0649. The van der Waals surface area contributed by atoms with Gasteiger partial charge in [-0.1, -0.05) is 59.9 Å². The molecule has 1 fully saturated rings. The van der Waals surface area contributed by atoms with Crippen LogP contribution in [-0.2, 0) is 9.59 Å². The quantitative estimate of drug-likeness (QED) is 0.108. The molecule has 44 heavy (non-hydrogen) atoms. The highest BCUT2D eigenvalue weighted by atomic mass is 16.3. The van der Waals surface area contributed by atoms with Gasteiger partial charge in [0.15, 0.2) is 0 Å². The van der Waals surface area contributed by atoms with Crippen molar-refractivity contribution in [2.75, 3.05) is 78.5 Å². The highest BCUT2D eigenvalue weighted by Crippen LogP contribution is 2.09. The Bertz CT molecular complexity index is 799. The number of aldehydes is 1. The Hall–Kier alpha value is -2.20. The fourth-order valence-corrected chi connectivity index (χ4v) is 4.64. The van der Waals surface area contributed by atoms with Crippen LogP contribution in [0.3, 0.4) is 0 Å². The van der Waals surface area contributed by atoms with E-state index in [2.05, 4.69) is 112 Å². The smallest absolute Gasteiger partial charge is 0.136 e. The summed E-state index contributed by atoms with van der Waals surface area (Å²) in [7, 11) is 0. The monoisotopic (exact) mass is 623 g/mol. The normalized spacial score (nSPS) is 17.0. The van der Waals surface area contributed by atoms with Crippen LogP contribution in [0.2, 0.25) is 0 Å². The second-order valence-corrected chi connectivity index (χ2v) is 14.5. The molecule has 0 radical (unpaired) electrons. The van der Waals surface area contributed by atoms with E-state index in [9.17, 15) is 9.90 Å². The summed E-state index contributed by atoms with van der Waals surface area (Å²) in [6.45, 7) is 44.1. The number of nitrogens with zero attached hydrogens (tertiary/aromatic N) is 4. The van der Waals surface area contributed by atoms with Crippen LogP contribution in [-0.4, -0.2) is 128 Å². The molecule has 1 heterocycles. The van der Waals surface area contributed by atoms with E-state index in [0.29, 0.717) is 12.0 Å². The van der Waals surface area contributed by atoms with Crippen molar-refractivity contribution >= 4 is 13.1 Å². The average molecular weight is 623 g/mol. The first-order chi connectivity index (χ1) is 20.4. The number of likely N-dealkylation sites (N-methyl/N-ethyl adjacent to an activating group) is 1. The molecule has 1 unspecified atom stereocenters. The predicted octanol–water partition coefficient (Wildman–Crippen LogP) is 4.93. The lowest BCUT2D eigenvalue weighted by Gasteiger charge is -2.35. The zero-order chi connectivity index (χ0) is 34.3. The summed E-state index contributed by atoms with van der Waals surface area (Å²) in [6, 6.07) is -0.100. The van der Waals surface area contributed by atoms with Gasteiger partial charge < -0.3 is 35.1 Å². The maximum Gasteiger partial charge on any atom is 0.136 e. The fourth-order valence-electron chi connectivity index (χ4n) is 4.64. The standard InChI is InChI=1S/C29H56N6O2.C5H12.CH2O/c1-9-32-14-15-33(22-25(2)3)16-17-34(23-26(4)37)19-21-35(20-18-32)27(5)30-13-11-10-12-28(24-36)31-29(6,7)8;1-5(2,3)4;1-2/h24,28,30-31,37H,2,4-5,9-23H2,1,3,6-8H3;1-4H3;1H2. The Balaban J connectivity index is 0. The third-order valence-electron chi connectivity index (χ3n) is 6.62. The number of aliphatic hydroxyl groups excluding tert-OH is 1. The van der Waals surface area contributed by atoms with E-state index < -0.39 is 0 Å². The molecule has 0 bridgehead atoms. The Morgan fingerprint density at radius 3 is 1.70 bits per heavy atom. The summed E-state index contributed by atoms with van der Waals surface area (Å²) in [5.41, 5.74) is 1.61. The number of aliphatic hydroxyl groups is 1. The average Bonchev–Trinajstić information content (AvgIpc) is 2.89. The van der Waals surface area contributed by atoms with Crippen LogP contribution in [0.5, 0.6) is 0 Å². The number of carbonyl (C=O) groups is 2. The molecule has 9 nitrogen and oxygen atoms in total. The third kappa shape index (κ3) is 27.4. The second-order valence-electron chi connectivity index (χ2n) is 14.5. The first-order valence-corrected chi connectivity index (χ1v) is 16.3. The summed E-state index contributed by atoms with van der Waals surface area (Å²) in [4.78, 5) is 29.0. The number of unbranched alkanes of at least 4 members (excludes halogenated alkanes) is 1. The van der Waals surface area contributed by atoms with E-state index in [1.807, 2.05) is 6.79 Å². The highest BCUT2D eigenvalue weighted by molar-refractivity contribution is 5.57. The predicted molar refractivity (Wildman–Crippen MR) is 189 cm³/mol. The molecule has 0 spiro atoms. The van der Waals surface area contributed by atoms with Gasteiger partial charge >= 0.3 is 0 Å². The zero-order valence-electron chi connectivity index (χ0n) is 30.1. The van der Waals surface area contributed by atoms with Gasteiger partial charge in [-0.05, 0) is 58.9 Å². The van der Waals surface area contributed by atoms with Gasteiger partial charge in [0.2, 0.25) is 0 Å². The number of hydrogen-bond acceptors (Lipinski definition) is 9. The van der Waals surface area contributed by atoms with Crippen molar-refractivity contribution in [1.82, 2.24) is 30.2 Å². The van der Waals surface area contributed by atoms with Gasteiger partial charge in [-0.25, -0.2) is 0 Å². The van der Waals surface area contributed by atoms with Crippen LogP contribution < -0.4 is 10.6 Å². The lowest BCUT2D eigenvalue weighted by atomic mass is 10.0. The van der Waals surface area contributed by atoms with Crippen LogP contribution in [0.4, 0.5) is 0 Å². The molecule has 0 aromatic rings. The first kappa shape index (κ1) is 43.9. The van der Waals surface area contributed by atoms with Crippen molar-refractivity contribution in [2.45, 2.75) is 93.2 Å². The van der Waals surface area contributed by atoms with Crippen molar-refractivity contribution < 1.29 is 14.7 Å². The third-order valence-corrected chi connectivity index (χ3v) is 6.62. The van der Waals surface area contributed by atoms with Gasteiger partial charge in [-0.15, -0.1) is 0 Å². The molecular formula is C35H70N6O3. The van der Waals surface area contributed by atoms with E-state index in [0.717, 1.165) is 103 Å². The van der Waals surface area contributed by atoms with Gasteiger partial charge in [0.05, 0.1) is 24.2 Å². The van der Waals surface area contributed by atoms with Crippen molar-refractivity contribution in [3.63, 3.8) is 0 Å². The number of carbonyl (C=O) groups excluding carboxylic acids is 2. The largest absolute Gasteiger partial charge is 0.512 e. The minimum Gasteiger partial charge on any atom is -0.512 e. The summed E-state index contributed by atoms with van der Waals surface area (Å²) < 4.78 is 0. The van der Waals surface area contributed by atoms with Gasteiger partial charge in [0.1, 0.15) is 13.1 Å². The number of nitrogens with one attached hydrogen (secondary N) is 2. The van der Waals surface area contributed by atoms with E-state index in [1.54, 1.807) is 0 Å². The van der Waals surface area contributed by atoms with E-state index in [4.69, 9.17) is 4.79 Å². The molecule has 3 N–H and O–H groups in total. The second kappa shape index (κ2) is 24.1. The van der Waals surface area contributed by atoms with Crippen molar-refractivity contribution in [2.24, 2.45) is 5.41 Å². The highest BCUT2D eigenvalue weighted by Gasteiger charge is 2.18. The van der Waals surface area contributed by atoms with Gasteiger partial charge in [-0.2, -0.15) is 0 Å². The van der Waals surface area contributed by atoms with Crippen LogP contribution >= 0.6 is 0 Å². The van der Waals surface area contributed by atoms with Crippen molar-refractivity contribution in [1.29, 1.82) is 0 Å². The summed E-state index contributed by atoms with van der Waals surface area (Å²) in [6.07, 6.45) is 3.83. The minimum atomic E-state index is -0.100. The fraction of sp³-hybridized carbons (Fsp3) is 0.771. The van der Waals surface area contributed by atoms with Gasteiger partial charge in [0.25, 0.3) is 0 Å². The lowest BCUT2D eigenvalue weighted by Crippen LogP contribution is -2.47. The first-order valence-electron chi connectivity index (χ1n) is 16.3. The Kier molecular flexibility index (Phi) is 24.0. The molecule has 1 aliphatic heterocycles. The maximum atomic E-state index is 11.4. The lowest BCUT2D eigenvalue weighted by molar-refractivity contribution is -0.110. The van der Waals surface area contributed by atoms with Crippen LogP contribution in [0.1, 0.15) is 81.6 Å². The van der Waals surface area contributed by atoms with E-state index in [-0.39, 0.29) is 17.3 Å². The summed E-state index contributed by atoms with van der Waals surface area (Å²) >= 11 is 0. The Labute approximate surface area is 271 Å². The molecule has 1 aliphatic rings. The molecule has 9 heteroatoms. The molecule has 258 valence electrons. The molecule has 0 aromatic heterocycles. The molecular weight excluding hydrogens is 552 g/mol. The number of rotatable bonds is 14. The van der Waals surface area contributed by atoms with Crippen molar-refractivity contribution in [3.05, 3.63) is 36.9 Å². The Morgan fingerprint density at radius 1 is 0.818 bits per heavy atom. The Morgan fingerprint density at radius 2 is 1.27 bits per heavy atom. The molecule has 1 rings (SSSR count). The number of hydrogen-bond donors (Lipinski definition) is 3. The molecule has 0 saturated carbocycles. The van der Waals surface area contributed by atoms with Gasteiger partial charge in [0, 0.05) is 71.0 Å². The maximum absolute atomic E-state index is 11.4. The molecule has 0 aromatic carbocycles. The van der Waals surface area contributed by atoms with Gasteiger partial charge in [-0.3, -0.25) is 9.80 Å². The SMILES string of the molecule is C=C(C)CN1CCN(CC)CCN(C(=C)NCCCCC(C=O)NC(C)(C)C)CCN(CC(=C)O)CC1.C=O.CC(C)(C)C. The summed E-state index contributed by atoms with van der Waals surface area (Å²) in [5, 5.41) is 16.8. The summed E-state index contributed by atoms with van der Waals surface area (Å²) in [5.74, 6) is 1.15. The van der Waals surface area contributed by atoms with E-state index >= 15 is 0 Å². The molecule has 1 atom stereocenters. The van der Waals surface area contributed by atoms with Crippen molar-refractivity contribution in [3.8, 4) is 0 Å². The van der Waals surface area contributed by atoms with Crippen LogP contribution in [0.25, 0.3) is 0 Å². The molecule has 0 amide bonds. The zero-order valence-corrected chi connectivity index (χ0v) is 30.1. The van der Waals surface area contributed by atoms with E-state index in [1.165, 1.54) is 5.57 Å². The molecule has 1 saturated heterocycles. The van der Waals surface area contributed by atoms with Crippen LogP contribution in [0.15, 0.2) is 36.9 Å². The topological polar surface area (TPSA) is 91.4 Å². The molecule has 0 aliphatic carbocycles. The van der Waals surface area contributed by atoms with Crippen LogP contribution in [0, 0.1) is 5.41 Å².